The number of carboxylic acids is 1. The average molecular weight is 282 g/mol. The molecule has 0 amide bonds. The number of halogens is 1. The highest BCUT2D eigenvalue weighted by molar-refractivity contribution is 6.35. The van der Waals surface area contributed by atoms with Crippen molar-refractivity contribution in [1.29, 1.82) is 0 Å². The van der Waals surface area contributed by atoms with E-state index in [-0.39, 0.29) is 10.6 Å². The van der Waals surface area contributed by atoms with Crippen molar-refractivity contribution < 1.29 is 9.90 Å². The first-order chi connectivity index (χ1) is 9.16. The fourth-order valence-corrected chi connectivity index (χ4v) is 3.38. The molecule has 6 heteroatoms. The summed E-state index contributed by atoms with van der Waals surface area (Å²) < 4.78 is 0. The van der Waals surface area contributed by atoms with E-state index < -0.39 is 5.97 Å². The quantitative estimate of drug-likeness (QED) is 0.888. The number of aromatic nitrogens is 1. The minimum absolute atomic E-state index is 0.0976. The second-order valence-corrected chi connectivity index (χ2v) is 5.49. The Balaban J connectivity index is 1.80. The zero-order chi connectivity index (χ0) is 13.4. The van der Waals surface area contributed by atoms with Crippen LogP contribution in [-0.2, 0) is 0 Å². The Morgan fingerprint density at radius 2 is 2.32 bits per heavy atom. The number of pyridine rings is 1. The van der Waals surface area contributed by atoms with E-state index >= 15 is 0 Å². The Bertz CT molecular complexity index is 509. The largest absolute Gasteiger partial charge is 0.478 e. The van der Waals surface area contributed by atoms with Gasteiger partial charge in [-0.3, -0.25) is 4.90 Å². The molecule has 0 radical (unpaired) electrons. The van der Waals surface area contributed by atoms with Crippen molar-refractivity contribution in [2.24, 2.45) is 0 Å². The van der Waals surface area contributed by atoms with Crippen LogP contribution in [0.4, 0.5) is 5.82 Å². The Hall–Kier alpha value is -1.33. The third kappa shape index (κ3) is 2.28. The normalized spacial score (nSPS) is 26.4. The third-order valence-corrected chi connectivity index (χ3v) is 4.43. The molecule has 1 aromatic heterocycles. The number of hydrogen-bond acceptors (Lipinski definition) is 4. The Morgan fingerprint density at radius 3 is 3.11 bits per heavy atom. The highest BCUT2D eigenvalue weighted by Gasteiger charge is 2.37. The molecule has 0 spiro atoms. The van der Waals surface area contributed by atoms with Gasteiger partial charge in [0, 0.05) is 24.8 Å². The SMILES string of the molecule is O=C(O)c1ccnc(NC2CCN3CCCC23)c1Cl. The van der Waals surface area contributed by atoms with Gasteiger partial charge in [0.25, 0.3) is 0 Å². The summed E-state index contributed by atoms with van der Waals surface area (Å²) in [6, 6.07) is 2.27. The van der Waals surface area contributed by atoms with Gasteiger partial charge in [0.05, 0.1) is 10.6 Å². The summed E-state index contributed by atoms with van der Waals surface area (Å²) in [7, 11) is 0. The van der Waals surface area contributed by atoms with Crippen molar-refractivity contribution in [3.8, 4) is 0 Å². The van der Waals surface area contributed by atoms with Crippen LogP contribution >= 0.6 is 11.6 Å². The van der Waals surface area contributed by atoms with Crippen LogP contribution in [0.3, 0.4) is 0 Å². The minimum Gasteiger partial charge on any atom is -0.478 e. The lowest BCUT2D eigenvalue weighted by Gasteiger charge is -2.22. The van der Waals surface area contributed by atoms with Gasteiger partial charge in [-0.25, -0.2) is 9.78 Å². The molecule has 2 fully saturated rings. The molecule has 2 N–H and O–H groups in total. The number of nitrogens with zero attached hydrogens (tertiary/aromatic N) is 2. The first-order valence-corrected chi connectivity index (χ1v) is 6.93. The number of carbonyl (C=O) groups is 1. The van der Waals surface area contributed by atoms with E-state index in [0.29, 0.717) is 17.9 Å². The summed E-state index contributed by atoms with van der Waals surface area (Å²) in [5.41, 5.74) is 0.0976. The second kappa shape index (κ2) is 4.98. The molecule has 0 bridgehead atoms. The molecule has 2 saturated heterocycles. The molecule has 0 aliphatic carbocycles. The van der Waals surface area contributed by atoms with E-state index in [1.807, 2.05) is 0 Å². The molecule has 102 valence electrons. The molecule has 3 rings (SSSR count). The van der Waals surface area contributed by atoms with Crippen LogP contribution in [0.1, 0.15) is 29.6 Å². The Morgan fingerprint density at radius 1 is 1.47 bits per heavy atom. The van der Waals surface area contributed by atoms with Gasteiger partial charge in [-0.15, -0.1) is 0 Å². The van der Waals surface area contributed by atoms with Crippen LogP contribution in [0, 0.1) is 0 Å². The third-order valence-electron chi connectivity index (χ3n) is 4.05. The predicted octanol–water partition coefficient (Wildman–Crippen LogP) is 2.08. The van der Waals surface area contributed by atoms with Gasteiger partial charge in [-0.05, 0) is 31.9 Å². The van der Waals surface area contributed by atoms with Crippen molar-refractivity contribution in [3.63, 3.8) is 0 Å². The lowest BCUT2D eigenvalue weighted by Crippen LogP contribution is -2.34. The second-order valence-electron chi connectivity index (χ2n) is 5.11. The van der Waals surface area contributed by atoms with Crippen molar-refractivity contribution in [3.05, 3.63) is 22.8 Å². The van der Waals surface area contributed by atoms with Crippen LogP contribution in [0.5, 0.6) is 0 Å². The smallest absolute Gasteiger partial charge is 0.337 e. The van der Waals surface area contributed by atoms with Crippen molar-refractivity contribution >= 4 is 23.4 Å². The molecule has 3 heterocycles. The topological polar surface area (TPSA) is 65.5 Å². The molecule has 2 unspecified atom stereocenters. The molecule has 0 aromatic carbocycles. The molecule has 2 aliphatic heterocycles. The van der Waals surface area contributed by atoms with E-state index in [1.54, 1.807) is 0 Å². The van der Waals surface area contributed by atoms with Gasteiger partial charge in [0.1, 0.15) is 5.82 Å². The minimum atomic E-state index is -1.02. The van der Waals surface area contributed by atoms with Crippen LogP contribution in [0.25, 0.3) is 0 Å². The molecule has 1 aromatic rings. The maximum Gasteiger partial charge on any atom is 0.337 e. The highest BCUT2D eigenvalue weighted by atomic mass is 35.5. The van der Waals surface area contributed by atoms with Gasteiger partial charge < -0.3 is 10.4 Å². The molecular formula is C13H16ClN3O2. The summed E-state index contributed by atoms with van der Waals surface area (Å²) in [6.07, 6.45) is 4.96. The number of aromatic carboxylic acids is 1. The van der Waals surface area contributed by atoms with Crippen molar-refractivity contribution in [1.82, 2.24) is 9.88 Å². The molecule has 19 heavy (non-hydrogen) atoms. The fourth-order valence-electron chi connectivity index (χ4n) is 3.14. The van der Waals surface area contributed by atoms with E-state index in [4.69, 9.17) is 16.7 Å². The number of hydrogen-bond donors (Lipinski definition) is 2. The fraction of sp³-hybridized carbons (Fsp3) is 0.538. The molecule has 2 aliphatic rings. The van der Waals surface area contributed by atoms with Gasteiger partial charge in [-0.1, -0.05) is 11.6 Å². The van der Waals surface area contributed by atoms with Crippen LogP contribution < -0.4 is 5.32 Å². The number of anilines is 1. The monoisotopic (exact) mass is 281 g/mol. The lowest BCUT2D eigenvalue weighted by atomic mass is 10.1. The maximum absolute atomic E-state index is 11.0. The Kier molecular flexibility index (Phi) is 3.33. The number of rotatable bonds is 3. The van der Waals surface area contributed by atoms with Gasteiger partial charge in [0.15, 0.2) is 0 Å². The van der Waals surface area contributed by atoms with Crippen LogP contribution in [0.2, 0.25) is 5.02 Å². The summed E-state index contributed by atoms with van der Waals surface area (Å²) in [4.78, 5) is 17.7. The molecule has 2 atom stereocenters. The summed E-state index contributed by atoms with van der Waals surface area (Å²) in [5, 5.41) is 12.6. The number of fused-ring (bicyclic) bond motifs is 1. The molecule has 0 saturated carbocycles. The zero-order valence-electron chi connectivity index (χ0n) is 10.5. The first-order valence-electron chi connectivity index (χ1n) is 6.55. The lowest BCUT2D eigenvalue weighted by molar-refractivity contribution is 0.0697. The van der Waals surface area contributed by atoms with E-state index in [1.165, 1.54) is 31.6 Å². The van der Waals surface area contributed by atoms with Crippen LogP contribution in [-0.4, -0.2) is 46.1 Å². The van der Waals surface area contributed by atoms with Gasteiger partial charge in [0.2, 0.25) is 0 Å². The van der Waals surface area contributed by atoms with E-state index in [2.05, 4.69) is 15.2 Å². The Labute approximate surface area is 116 Å². The predicted molar refractivity (Wildman–Crippen MR) is 72.8 cm³/mol. The van der Waals surface area contributed by atoms with E-state index in [0.717, 1.165) is 13.0 Å². The van der Waals surface area contributed by atoms with Crippen molar-refractivity contribution in [2.75, 3.05) is 18.4 Å². The first kappa shape index (κ1) is 12.7. The van der Waals surface area contributed by atoms with Gasteiger partial charge >= 0.3 is 5.97 Å². The van der Waals surface area contributed by atoms with Crippen molar-refractivity contribution in [2.45, 2.75) is 31.3 Å². The number of nitrogens with one attached hydrogen (secondary N) is 1. The summed E-state index contributed by atoms with van der Waals surface area (Å²) >= 11 is 6.11. The number of carboxylic acid groups (broad SMARTS) is 1. The van der Waals surface area contributed by atoms with Gasteiger partial charge in [-0.2, -0.15) is 0 Å². The average Bonchev–Trinajstić information content (AvgIpc) is 2.96. The zero-order valence-corrected chi connectivity index (χ0v) is 11.2. The highest BCUT2D eigenvalue weighted by Crippen LogP contribution is 2.32. The van der Waals surface area contributed by atoms with E-state index in [9.17, 15) is 4.79 Å². The van der Waals surface area contributed by atoms with Crippen LogP contribution in [0.15, 0.2) is 12.3 Å². The maximum atomic E-state index is 11.0. The summed E-state index contributed by atoms with van der Waals surface area (Å²) in [5.74, 6) is -0.537. The molecule has 5 nitrogen and oxygen atoms in total. The standard InChI is InChI=1S/C13H16ClN3O2/c14-11-8(13(18)19)3-5-15-12(11)16-9-4-7-17-6-1-2-10(9)17/h3,5,9-10H,1-2,4,6-7H2,(H,15,16)(H,18,19). The molecular weight excluding hydrogens is 266 g/mol. The summed E-state index contributed by atoms with van der Waals surface area (Å²) in [6.45, 7) is 2.26.